The molecule has 0 bridgehead atoms. The number of aryl methyl sites for hydroxylation is 2. The molecule has 120 valence electrons. The number of hydrogen-bond acceptors (Lipinski definition) is 3. The first-order valence-corrected chi connectivity index (χ1v) is 7.90. The van der Waals surface area contributed by atoms with Crippen molar-refractivity contribution >= 4 is 11.4 Å². The molecule has 24 heavy (non-hydrogen) atoms. The van der Waals surface area contributed by atoms with Gasteiger partial charge in [-0.05, 0) is 43.2 Å². The van der Waals surface area contributed by atoms with Gasteiger partial charge in [-0.25, -0.2) is 4.99 Å². The van der Waals surface area contributed by atoms with E-state index >= 15 is 0 Å². The molecule has 0 amide bonds. The van der Waals surface area contributed by atoms with E-state index in [2.05, 4.69) is 4.98 Å². The van der Waals surface area contributed by atoms with Crippen molar-refractivity contribution in [2.75, 3.05) is 7.11 Å². The van der Waals surface area contributed by atoms with Crippen molar-refractivity contribution in [3.05, 3.63) is 89.2 Å². The highest BCUT2D eigenvalue weighted by atomic mass is 16.5. The maximum absolute atomic E-state index is 5.50. The van der Waals surface area contributed by atoms with Crippen molar-refractivity contribution in [2.45, 2.75) is 13.8 Å². The number of aromatic nitrogens is 1. The molecule has 0 fully saturated rings. The zero-order chi connectivity index (χ0) is 16.9. The van der Waals surface area contributed by atoms with Crippen molar-refractivity contribution in [1.82, 2.24) is 4.98 Å². The van der Waals surface area contributed by atoms with Crippen LogP contribution in [0.1, 0.15) is 22.4 Å². The Balaban J connectivity index is 2.21. The summed E-state index contributed by atoms with van der Waals surface area (Å²) in [5.74, 6) is 0.761. The summed E-state index contributed by atoms with van der Waals surface area (Å²) in [6.07, 6.45) is 1.80. The van der Waals surface area contributed by atoms with E-state index in [1.807, 2.05) is 74.5 Å². The normalized spacial score (nSPS) is 11.4. The fourth-order valence-corrected chi connectivity index (χ4v) is 2.58. The summed E-state index contributed by atoms with van der Waals surface area (Å²) >= 11 is 0. The average Bonchev–Trinajstić information content (AvgIpc) is 2.62. The van der Waals surface area contributed by atoms with Crippen LogP contribution in [0.25, 0.3) is 0 Å². The van der Waals surface area contributed by atoms with Gasteiger partial charge in [-0.3, -0.25) is 4.98 Å². The third-order valence-corrected chi connectivity index (χ3v) is 3.85. The van der Waals surface area contributed by atoms with Gasteiger partial charge in [0.1, 0.15) is 11.4 Å². The van der Waals surface area contributed by atoms with E-state index in [9.17, 15) is 0 Å². The van der Waals surface area contributed by atoms with E-state index in [1.165, 1.54) is 0 Å². The van der Waals surface area contributed by atoms with E-state index in [0.29, 0.717) is 0 Å². The zero-order valence-corrected chi connectivity index (χ0v) is 14.2. The van der Waals surface area contributed by atoms with Crippen molar-refractivity contribution in [1.29, 1.82) is 0 Å². The molecule has 2 aromatic carbocycles. The first-order chi connectivity index (χ1) is 11.7. The van der Waals surface area contributed by atoms with Gasteiger partial charge in [0, 0.05) is 11.8 Å². The molecule has 3 aromatic rings. The molecule has 0 aliphatic carbocycles. The lowest BCUT2D eigenvalue weighted by atomic mass is 10.0. The van der Waals surface area contributed by atoms with E-state index in [0.717, 1.165) is 39.5 Å². The molecule has 0 aliphatic rings. The number of pyridine rings is 1. The van der Waals surface area contributed by atoms with Gasteiger partial charge in [0.05, 0.1) is 18.5 Å². The molecular weight excluding hydrogens is 296 g/mol. The monoisotopic (exact) mass is 316 g/mol. The predicted molar refractivity (Wildman–Crippen MR) is 98.4 cm³/mol. The first kappa shape index (κ1) is 15.9. The van der Waals surface area contributed by atoms with Crippen LogP contribution in [0.2, 0.25) is 0 Å². The van der Waals surface area contributed by atoms with Crippen LogP contribution < -0.4 is 4.74 Å². The highest BCUT2D eigenvalue weighted by Crippen LogP contribution is 2.30. The smallest absolute Gasteiger partial charge is 0.144 e. The number of aliphatic imine (C=N–C) groups is 1. The molecule has 3 nitrogen and oxygen atoms in total. The molecule has 0 saturated heterocycles. The third kappa shape index (κ3) is 3.35. The van der Waals surface area contributed by atoms with Crippen LogP contribution in [-0.2, 0) is 0 Å². The Bertz CT molecular complexity index is 870. The lowest BCUT2D eigenvalue weighted by Crippen LogP contribution is -2.07. The Hall–Kier alpha value is -2.94. The molecule has 1 aromatic heterocycles. The molecule has 3 rings (SSSR count). The fraction of sp³-hybridized carbons (Fsp3) is 0.143. The number of benzene rings is 2. The van der Waals surface area contributed by atoms with Crippen LogP contribution in [0.4, 0.5) is 5.69 Å². The van der Waals surface area contributed by atoms with Crippen LogP contribution >= 0.6 is 0 Å². The van der Waals surface area contributed by atoms with Crippen LogP contribution in [0.15, 0.2) is 71.9 Å². The van der Waals surface area contributed by atoms with Gasteiger partial charge >= 0.3 is 0 Å². The van der Waals surface area contributed by atoms with E-state index in [-0.39, 0.29) is 0 Å². The summed E-state index contributed by atoms with van der Waals surface area (Å²) in [5.41, 5.74) is 5.78. The second kappa shape index (κ2) is 7.09. The van der Waals surface area contributed by atoms with Gasteiger partial charge in [0.25, 0.3) is 0 Å². The van der Waals surface area contributed by atoms with Crippen LogP contribution in [0.5, 0.6) is 5.75 Å². The Kier molecular flexibility index (Phi) is 4.71. The highest BCUT2D eigenvalue weighted by Gasteiger charge is 2.12. The van der Waals surface area contributed by atoms with E-state index < -0.39 is 0 Å². The Morgan fingerprint density at radius 2 is 1.75 bits per heavy atom. The SMILES string of the molecule is COc1cc(C)ccc1N=C(c1ccccc1)c1ncccc1C. The minimum Gasteiger partial charge on any atom is -0.494 e. The van der Waals surface area contributed by atoms with Gasteiger partial charge < -0.3 is 4.74 Å². The molecule has 0 N–H and O–H groups in total. The Labute approximate surface area is 142 Å². The molecule has 0 aliphatic heterocycles. The predicted octanol–water partition coefficient (Wildman–Crippen LogP) is 4.88. The number of methoxy groups -OCH3 is 1. The van der Waals surface area contributed by atoms with Gasteiger partial charge in [-0.1, -0.05) is 42.5 Å². The van der Waals surface area contributed by atoms with Crippen molar-refractivity contribution in [3.63, 3.8) is 0 Å². The largest absolute Gasteiger partial charge is 0.494 e. The summed E-state index contributed by atoms with van der Waals surface area (Å²) < 4.78 is 5.50. The first-order valence-electron chi connectivity index (χ1n) is 7.90. The second-order valence-electron chi connectivity index (χ2n) is 5.67. The molecule has 1 heterocycles. The molecule has 0 saturated carbocycles. The van der Waals surface area contributed by atoms with Gasteiger partial charge in [-0.2, -0.15) is 0 Å². The molecule has 0 atom stereocenters. The zero-order valence-electron chi connectivity index (χ0n) is 14.2. The van der Waals surface area contributed by atoms with Crippen LogP contribution in [0, 0.1) is 13.8 Å². The number of ether oxygens (including phenoxy) is 1. The minimum absolute atomic E-state index is 0.761. The fourth-order valence-electron chi connectivity index (χ4n) is 2.58. The highest BCUT2D eigenvalue weighted by molar-refractivity contribution is 6.13. The van der Waals surface area contributed by atoms with Crippen LogP contribution in [-0.4, -0.2) is 17.8 Å². The van der Waals surface area contributed by atoms with Crippen molar-refractivity contribution in [3.8, 4) is 5.75 Å². The molecular formula is C21H20N2O. The lowest BCUT2D eigenvalue weighted by molar-refractivity contribution is 0.416. The van der Waals surface area contributed by atoms with E-state index in [4.69, 9.17) is 9.73 Å². The summed E-state index contributed by atoms with van der Waals surface area (Å²) in [6.45, 7) is 4.09. The number of nitrogens with zero attached hydrogens (tertiary/aromatic N) is 2. The van der Waals surface area contributed by atoms with Gasteiger partial charge in [-0.15, -0.1) is 0 Å². The molecule has 0 unspecified atom stereocenters. The van der Waals surface area contributed by atoms with E-state index in [1.54, 1.807) is 13.3 Å². The summed E-state index contributed by atoms with van der Waals surface area (Å²) in [6, 6.07) is 20.1. The number of rotatable bonds is 4. The Morgan fingerprint density at radius 1 is 0.958 bits per heavy atom. The van der Waals surface area contributed by atoms with Gasteiger partial charge in [0.2, 0.25) is 0 Å². The Morgan fingerprint density at radius 3 is 2.46 bits per heavy atom. The quantitative estimate of drug-likeness (QED) is 0.643. The topological polar surface area (TPSA) is 34.5 Å². The molecule has 0 spiro atoms. The second-order valence-corrected chi connectivity index (χ2v) is 5.67. The maximum Gasteiger partial charge on any atom is 0.144 e. The van der Waals surface area contributed by atoms with Gasteiger partial charge in [0.15, 0.2) is 0 Å². The summed E-state index contributed by atoms with van der Waals surface area (Å²) in [7, 11) is 1.67. The third-order valence-electron chi connectivity index (χ3n) is 3.85. The van der Waals surface area contributed by atoms with Crippen LogP contribution in [0.3, 0.4) is 0 Å². The lowest BCUT2D eigenvalue weighted by Gasteiger charge is -2.11. The maximum atomic E-state index is 5.50. The minimum atomic E-state index is 0.761. The van der Waals surface area contributed by atoms with Crippen molar-refractivity contribution in [2.24, 2.45) is 4.99 Å². The molecule has 3 heteroatoms. The average molecular weight is 316 g/mol. The summed E-state index contributed by atoms with van der Waals surface area (Å²) in [5, 5.41) is 0. The van der Waals surface area contributed by atoms with Crippen molar-refractivity contribution < 1.29 is 4.74 Å². The standard InChI is InChI=1S/C21H20N2O/c1-15-11-12-18(19(14-15)24-3)23-21(17-9-5-4-6-10-17)20-16(2)8-7-13-22-20/h4-14H,1-3H3. The number of hydrogen-bond donors (Lipinski definition) is 0. The summed E-state index contributed by atoms with van der Waals surface area (Å²) in [4.78, 5) is 9.45. The molecule has 0 radical (unpaired) electrons.